The summed E-state index contributed by atoms with van der Waals surface area (Å²) in [6, 6.07) is 14.4. The number of carbonyl (C=O) groups excluding carboxylic acids is 2. The van der Waals surface area contributed by atoms with Crippen molar-refractivity contribution in [1.29, 1.82) is 0 Å². The number of fused-ring (bicyclic) bond motifs is 1. The van der Waals surface area contributed by atoms with Gasteiger partial charge >= 0.3 is 6.09 Å². The van der Waals surface area contributed by atoms with Crippen molar-refractivity contribution in [3.8, 4) is 0 Å². The van der Waals surface area contributed by atoms with Crippen molar-refractivity contribution in [3.05, 3.63) is 76.1 Å². The Bertz CT molecular complexity index is 1200. The molecule has 174 valence electrons. The first kappa shape index (κ1) is 24.0. The van der Waals surface area contributed by atoms with Gasteiger partial charge in [-0.05, 0) is 35.2 Å². The predicted molar refractivity (Wildman–Crippen MR) is 131 cm³/mol. The van der Waals surface area contributed by atoms with Gasteiger partial charge in [-0.25, -0.2) is 4.79 Å². The number of rotatable bonds is 6. The largest absolute Gasteiger partial charge is 0.449 e. The van der Waals surface area contributed by atoms with Crippen molar-refractivity contribution < 1.29 is 14.3 Å². The quantitative estimate of drug-likeness (QED) is 0.502. The Kier molecular flexibility index (Phi) is 6.91. The van der Waals surface area contributed by atoms with Gasteiger partial charge in [0.25, 0.3) is 5.91 Å². The Hall–Kier alpha value is -3.61. The summed E-state index contributed by atoms with van der Waals surface area (Å²) in [5, 5.41) is 6.06. The lowest BCUT2D eigenvalue weighted by molar-refractivity contribution is 0.102. The van der Waals surface area contributed by atoms with Crippen molar-refractivity contribution >= 4 is 28.6 Å². The number of ether oxygens (including phenoxy) is 1. The maximum absolute atomic E-state index is 12.7. The lowest BCUT2D eigenvalue weighted by Gasteiger charge is -2.26. The van der Waals surface area contributed by atoms with Crippen LogP contribution in [0.25, 0.3) is 10.9 Å². The second kappa shape index (κ2) is 9.48. The van der Waals surface area contributed by atoms with E-state index in [1.807, 2.05) is 52.8 Å². The van der Waals surface area contributed by atoms with Crippen molar-refractivity contribution in [2.75, 3.05) is 18.5 Å². The Labute approximate surface area is 193 Å². The van der Waals surface area contributed by atoms with E-state index in [9.17, 15) is 14.4 Å². The standard InChI is InChI=1S/C26H31N3O4/c1-25(2,3)16-33-24(32)28-15-26(4,5)17-10-12-18(13-11-17)29-23(31)20-14-27-21-9-7-6-8-19(21)22(20)30/h6-14H,15-16H2,1-5H3,(H,27,30)(H,28,32)(H,29,31). The SMILES string of the molecule is CC(C)(C)COC(=O)NCC(C)(C)c1ccc(NC(=O)c2c[nH]c3ccccc3c2=O)cc1. The molecule has 7 heteroatoms. The van der Waals surface area contributed by atoms with Crippen molar-refractivity contribution in [2.24, 2.45) is 5.41 Å². The van der Waals surface area contributed by atoms with Gasteiger partial charge in [-0.2, -0.15) is 0 Å². The molecule has 0 fully saturated rings. The number of aromatic amines is 1. The highest BCUT2D eigenvalue weighted by Crippen LogP contribution is 2.24. The number of nitrogens with one attached hydrogen (secondary N) is 3. The molecule has 0 saturated carbocycles. The van der Waals surface area contributed by atoms with Gasteiger partial charge in [0.2, 0.25) is 5.43 Å². The number of para-hydroxylation sites is 1. The average molecular weight is 450 g/mol. The van der Waals surface area contributed by atoms with Gasteiger partial charge in [-0.1, -0.05) is 58.9 Å². The summed E-state index contributed by atoms with van der Waals surface area (Å²) in [6.07, 6.45) is 0.990. The number of aromatic nitrogens is 1. The Morgan fingerprint density at radius 3 is 2.30 bits per heavy atom. The summed E-state index contributed by atoms with van der Waals surface area (Å²) in [4.78, 5) is 40.3. The fraction of sp³-hybridized carbons (Fsp3) is 0.346. The van der Waals surface area contributed by atoms with E-state index in [-0.39, 0.29) is 21.8 Å². The summed E-state index contributed by atoms with van der Waals surface area (Å²) in [7, 11) is 0. The number of hydrogen-bond donors (Lipinski definition) is 3. The molecule has 7 nitrogen and oxygen atoms in total. The number of carbonyl (C=O) groups is 2. The topological polar surface area (TPSA) is 100 Å². The molecule has 0 atom stereocenters. The Morgan fingerprint density at radius 1 is 0.970 bits per heavy atom. The molecule has 0 spiro atoms. The predicted octanol–water partition coefficient (Wildman–Crippen LogP) is 4.83. The monoisotopic (exact) mass is 449 g/mol. The van der Waals surface area contributed by atoms with Crippen LogP contribution in [0.3, 0.4) is 0 Å². The van der Waals surface area contributed by atoms with Gasteiger partial charge in [0.05, 0.1) is 6.61 Å². The molecule has 2 aromatic carbocycles. The van der Waals surface area contributed by atoms with Crippen LogP contribution in [0.4, 0.5) is 10.5 Å². The van der Waals surface area contributed by atoms with E-state index in [1.54, 1.807) is 30.3 Å². The Morgan fingerprint density at radius 2 is 1.64 bits per heavy atom. The molecule has 3 N–H and O–H groups in total. The van der Waals surface area contributed by atoms with Gasteiger partial charge in [-0.15, -0.1) is 0 Å². The third kappa shape index (κ3) is 6.22. The van der Waals surface area contributed by atoms with Crippen LogP contribution in [-0.2, 0) is 10.2 Å². The first-order valence-corrected chi connectivity index (χ1v) is 10.9. The molecule has 0 saturated heterocycles. The van der Waals surface area contributed by atoms with Gasteiger partial charge in [0.15, 0.2) is 0 Å². The lowest BCUT2D eigenvalue weighted by atomic mass is 9.84. The molecule has 0 aliphatic heterocycles. The summed E-state index contributed by atoms with van der Waals surface area (Å²) in [5.41, 5.74) is 1.54. The molecular weight excluding hydrogens is 418 g/mol. The minimum absolute atomic E-state index is 0.0519. The first-order valence-electron chi connectivity index (χ1n) is 10.9. The zero-order valence-corrected chi connectivity index (χ0v) is 19.7. The number of amides is 2. The van der Waals surface area contributed by atoms with E-state index in [2.05, 4.69) is 15.6 Å². The number of benzene rings is 2. The van der Waals surface area contributed by atoms with Crippen LogP contribution in [0.15, 0.2) is 59.5 Å². The van der Waals surface area contributed by atoms with Crippen molar-refractivity contribution in [3.63, 3.8) is 0 Å². The highest BCUT2D eigenvalue weighted by molar-refractivity contribution is 6.05. The van der Waals surface area contributed by atoms with Crippen LogP contribution < -0.4 is 16.1 Å². The molecule has 0 bridgehead atoms. The molecule has 0 unspecified atom stereocenters. The van der Waals surface area contributed by atoms with Gasteiger partial charge < -0.3 is 20.4 Å². The van der Waals surface area contributed by atoms with Gasteiger partial charge in [0.1, 0.15) is 5.56 Å². The number of hydrogen-bond acceptors (Lipinski definition) is 4. The van der Waals surface area contributed by atoms with E-state index in [0.29, 0.717) is 29.7 Å². The van der Waals surface area contributed by atoms with Crippen LogP contribution >= 0.6 is 0 Å². The van der Waals surface area contributed by atoms with E-state index in [0.717, 1.165) is 5.56 Å². The van der Waals surface area contributed by atoms with E-state index in [4.69, 9.17) is 4.74 Å². The number of alkyl carbamates (subject to hydrolysis) is 1. The summed E-state index contributed by atoms with van der Waals surface area (Å²) in [5.74, 6) is -0.475. The molecular formula is C26H31N3O4. The molecule has 3 rings (SSSR count). The highest BCUT2D eigenvalue weighted by atomic mass is 16.5. The average Bonchev–Trinajstić information content (AvgIpc) is 2.76. The molecule has 0 radical (unpaired) electrons. The Balaban J connectivity index is 1.64. The number of H-pyrrole nitrogens is 1. The lowest BCUT2D eigenvalue weighted by Crippen LogP contribution is -2.37. The zero-order valence-electron chi connectivity index (χ0n) is 19.7. The highest BCUT2D eigenvalue weighted by Gasteiger charge is 2.23. The van der Waals surface area contributed by atoms with Crippen LogP contribution in [0.2, 0.25) is 0 Å². The third-order valence-electron chi connectivity index (χ3n) is 5.27. The number of pyridine rings is 1. The van der Waals surface area contributed by atoms with Crippen LogP contribution in [0.5, 0.6) is 0 Å². The molecule has 1 aromatic heterocycles. The molecule has 33 heavy (non-hydrogen) atoms. The van der Waals surface area contributed by atoms with Crippen LogP contribution in [0.1, 0.15) is 50.5 Å². The maximum atomic E-state index is 12.7. The maximum Gasteiger partial charge on any atom is 0.407 e. The normalized spacial score (nSPS) is 11.8. The van der Waals surface area contributed by atoms with E-state index < -0.39 is 12.0 Å². The third-order valence-corrected chi connectivity index (χ3v) is 5.27. The second-order valence-electron chi connectivity index (χ2n) is 9.98. The molecule has 3 aromatic rings. The van der Waals surface area contributed by atoms with E-state index in [1.165, 1.54) is 6.20 Å². The molecule has 1 heterocycles. The minimum Gasteiger partial charge on any atom is -0.449 e. The summed E-state index contributed by atoms with van der Waals surface area (Å²) < 4.78 is 5.25. The minimum atomic E-state index is -0.475. The van der Waals surface area contributed by atoms with Gasteiger partial charge in [-0.3, -0.25) is 9.59 Å². The van der Waals surface area contributed by atoms with Crippen molar-refractivity contribution in [2.45, 2.75) is 40.0 Å². The van der Waals surface area contributed by atoms with E-state index >= 15 is 0 Å². The summed E-state index contributed by atoms with van der Waals surface area (Å²) >= 11 is 0. The number of anilines is 1. The molecule has 2 amide bonds. The van der Waals surface area contributed by atoms with Gasteiger partial charge in [0, 0.05) is 34.7 Å². The fourth-order valence-corrected chi connectivity index (χ4v) is 3.27. The fourth-order valence-electron chi connectivity index (χ4n) is 3.27. The second-order valence-corrected chi connectivity index (χ2v) is 9.98. The van der Waals surface area contributed by atoms with Crippen LogP contribution in [-0.4, -0.2) is 30.1 Å². The molecule has 0 aliphatic rings. The van der Waals surface area contributed by atoms with Crippen LogP contribution in [0, 0.1) is 5.41 Å². The zero-order chi connectivity index (χ0) is 24.2. The van der Waals surface area contributed by atoms with Crippen molar-refractivity contribution in [1.82, 2.24) is 10.3 Å². The molecule has 0 aliphatic carbocycles. The summed E-state index contributed by atoms with van der Waals surface area (Å²) in [6.45, 7) is 10.8. The smallest absolute Gasteiger partial charge is 0.407 e. The first-order chi connectivity index (χ1) is 15.5.